The smallest absolute Gasteiger partial charge is 0.286 e. The Balaban J connectivity index is 1.48. The molecule has 1 atom stereocenters. The molecule has 2 heterocycles. The molecule has 0 aliphatic carbocycles. The number of rotatable bonds is 4. The maximum atomic E-state index is 13.0. The minimum atomic E-state index is -0.437. The minimum Gasteiger partial charge on any atom is -0.329 e. The molecule has 1 saturated heterocycles. The molecule has 0 bridgehead atoms. The first kappa shape index (κ1) is 19.7. The van der Waals surface area contributed by atoms with Gasteiger partial charge in [0.2, 0.25) is 5.01 Å². The number of halogens is 1. The number of anilines is 1. The number of hydrogen-bond donors (Lipinski definition) is 1. The summed E-state index contributed by atoms with van der Waals surface area (Å²) < 4.78 is 13.0. The van der Waals surface area contributed by atoms with Crippen molar-refractivity contribution in [2.24, 2.45) is 0 Å². The van der Waals surface area contributed by atoms with Gasteiger partial charge in [0.05, 0.1) is 17.7 Å². The Morgan fingerprint density at radius 3 is 2.57 bits per heavy atom. The van der Waals surface area contributed by atoms with Gasteiger partial charge >= 0.3 is 0 Å². The van der Waals surface area contributed by atoms with Gasteiger partial charge in [0.1, 0.15) is 10.8 Å². The van der Waals surface area contributed by atoms with Gasteiger partial charge in [-0.2, -0.15) is 5.26 Å². The zero-order valence-corrected chi connectivity index (χ0v) is 16.5. The van der Waals surface area contributed by atoms with E-state index in [0.717, 1.165) is 24.2 Å². The predicted octanol–water partition coefficient (Wildman–Crippen LogP) is 3.78. The number of carbonyl (C=O) groups is 2. The average Bonchev–Trinajstić information content (AvgIpc) is 3.44. The summed E-state index contributed by atoms with van der Waals surface area (Å²) in [6.07, 6.45) is 1.56. The second-order valence-electron chi connectivity index (χ2n) is 6.75. The highest BCUT2D eigenvalue weighted by molar-refractivity contribution is 7.13. The van der Waals surface area contributed by atoms with E-state index in [1.807, 2.05) is 6.07 Å². The van der Waals surface area contributed by atoms with Crippen LogP contribution in [0.1, 0.15) is 49.6 Å². The van der Waals surface area contributed by atoms with E-state index in [-0.39, 0.29) is 22.8 Å². The largest absolute Gasteiger partial charge is 0.329 e. The Labute approximate surface area is 175 Å². The first-order chi connectivity index (χ1) is 14.5. The average molecular weight is 421 g/mol. The summed E-state index contributed by atoms with van der Waals surface area (Å²) in [6.45, 7) is 0.584. The highest BCUT2D eigenvalue weighted by Crippen LogP contribution is 2.34. The third kappa shape index (κ3) is 4.04. The molecule has 2 amide bonds. The Morgan fingerprint density at radius 1 is 1.13 bits per heavy atom. The van der Waals surface area contributed by atoms with Crippen LogP contribution in [0.3, 0.4) is 0 Å². The number of benzene rings is 2. The molecule has 2 aromatic carbocycles. The van der Waals surface area contributed by atoms with Gasteiger partial charge in [-0.25, -0.2) is 4.39 Å². The highest BCUT2D eigenvalue weighted by atomic mass is 32.1. The van der Waals surface area contributed by atoms with Gasteiger partial charge in [-0.15, -0.1) is 10.2 Å². The van der Waals surface area contributed by atoms with Gasteiger partial charge in [0.15, 0.2) is 0 Å². The maximum absolute atomic E-state index is 13.0. The van der Waals surface area contributed by atoms with Gasteiger partial charge in [0, 0.05) is 17.8 Å². The summed E-state index contributed by atoms with van der Waals surface area (Å²) in [6, 6.07) is 13.7. The summed E-state index contributed by atoms with van der Waals surface area (Å²) >= 11 is 1.14. The number of amides is 2. The van der Waals surface area contributed by atoms with Gasteiger partial charge in [-0.05, 0) is 61.4 Å². The lowest BCUT2D eigenvalue weighted by Crippen LogP contribution is -2.30. The number of likely N-dealkylation sites (tertiary alicyclic amines) is 1. The van der Waals surface area contributed by atoms with Crippen LogP contribution in [0.25, 0.3) is 0 Å². The van der Waals surface area contributed by atoms with Crippen LogP contribution < -0.4 is 5.32 Å². The van der Waals surface area contributed by atoms with Crippen molar-refractivity contribution in [2.75, 3.05) is 11.9 Å². The molecule has 7 nitrogen and oxygen atoms in total. The van der Waals surface area contributed by atoms with Crippen molar-refractivity contribution in [3.05, 3.63) is 75.5 Å². The van der Waals surface area contributed by atoms with E-state index in [1.165, 1.54) is 24.3 Å². The van der Waals surface area contributed by atoms with Gasteiger partial charge in [-0.1, -0.05) is 11.3 Å². The lowest BCUT2D eigenvalue weighted by molar-refractivity contribution is 0.0735. The zero-order valence-electron chi connectivity index (χ0n) is 15.7. The van der Waals surface area contributed by atoms with Crippen molar-refractivity contribution >= 4 is 28.8 Å². The summed E-state index contributed by atoms with van der Waals surface area (Å²) in [4.78, 5) is 27.1. The molecule has 1 N–H and O–H groups in total. The number of nitrogens with one attached hydrogen (secondary N) is 1. The van der Waals surface area contributed by atoms with Crippen molar-refractivity contribution in [3.8, 4) is 6.07 Å². The van der Waals surface area contributed by atoms with Crippen LogP contribution in [0.4, 0.5) is 10.1 Å². The molecule has 30 heavy (non-hydrogen) atoms. The molecule has 150 valence electrons. The second-order valence-corrected chi connectivity index (χ2v) is 7.76. The fourth-order valence-corrected chi connectivity index (χ4v) is 4.18. The monoisotopic (exact) mass is 421 g/mol. The molecule has 0 saturated carbocycles. The first-order valence-corrected chi connectivity index (χ1v) is 10.1. The van der Waals surface area contributed by atoms with Crippen LogP contribution in [0, 0.1) is 17.1 Å². The molecule has 0 spiro atoms. The van der Waals surface area contributed by atoms with E-state index in [1.54, 1.807) is 29.2 Å². The fraction of sp³-hybridized carbons (Fsp3) is 0.190. The van der Waals surface area contributed by atoms with E-state index in [9.17, 15) is 14.0 Å². The normalized spacial score (nSPS) is 15.6. The maximum Gasteiger partial charge on any atom is 0.286 e. The van der Waals surface area contributed by atoms with Crippen LogP contribution in [0.5, 0.6) is 0 Å². The Bertz CT molecular complexity index is 1120. The molecule has 1 fully saturated rings. The van der Waals surface area contributed by atoms with Gasteiger partial charge in [-0.3, -0.25) is 9.59 Å². The third-order valence-electron chi connectivity index (χ3n) is 4.80. The lowest BCUT2D eigenvalue weighted by Gasteiger charge is -2.22. The number of nitriles is 1. The molecule has 0 radical (unpaired) electrons. The standard InChI is InChI=1S/C21H16FN5O2S/c22-15-7-9-16(10-8-15)24-18(28)20-26-25-19(30-20)17-2-1-11-27(17)21(29)14-5-3-13(12-23)4-6-14/h3-10,17H,1-2,11H2,(H,24,28). The Morgan fingerprint density at radius 2 is 1.87 bits per heavy atom. The zero-order chi connectivity index (χ0) is 21.1. The quantitative estimate of drug-likeness (QED) is 0.691. The lowest BCUT2D eigenvalue weighted by atomic mass is 10.1. The molecular formula is C21H16FN5O2S. The van der Waals surface area contributed by atoms with Crippen molar-refractivity contribution in [1.29, 1.82) is 5.26 Å². The first-order valence-electron chi connectivity index (χ1n) is 9.26. The molecule has 1 aliphatic rings. The Hall–Kier alpha value is -3.64. The summed E-state index contributed by atoms with van der Waals surface area (Å²) in [5.74, 6) is -0.970. The van der Waals surface area contributed by atoms with Crippen molar-refractivity contribution in [3.63, 3.8) is 0 Å². The van der Waals surface area contributed by atoms with Gasteiger partial charge < -0.3 is 10.2 Å². The predicted molar refractivity (Wildman–Crippen MR) is 108 cm³/mol. The highest BCUT2D eigenvalue weighted by Gasteiger charge is 2.33. The van der Waals surface area contributed by atoms with Crippen LogP contribution >= 0.6 is 11.3 Å². The SMILES string of the molecule is N#Cc1ccc(C(=O)N2CCCC2c2nnc(C(=O)Nc3ccc(F)cc3)s2)cc1. The molecule has 4 rings (SSSR count). The van der Waals surface area contributed by atoms with Crippen LogP contribution in [0.2, 0.25) is 0 Å². The topological polar surface area (TPSA) is 99.0 Å². The van der Waals surface area contributed by atoms with E-state index >= 15 is 0 Å². The number of nitrogens with zero attached hydrogens (tertiary/aromatic N) is 4. The summed E-state index contributed by atoms with van der Waals surface area (Å²) in [5, 5.41) is 20.4. The van der Waals surface area contributed by atoms with Crippen LogP contribution in [0.15, 0.2) is 48.5 Å². The summed E-state index contributed by atoms with van der Waals surface area (Å²) in [7, 11) is 0. The fourth-order valence-electron chi connectivity index (χ4n) is 3.30. The Kier molecular flexibility index (Phi) is 5.50. The molecule has 1 unspecified atom stereocenters. The van der Waals surface area contributed by atoms with Crippen LogP contribution in [-0.2, 0) is 0 Å². The summed E-state index contributed by atoms with van der Waals surface area (Å²) in [5.41, 5.74) is 1.45. The molecule has 1 aliphatic heterocycles. The van der Waals surface area contributed by atoms with Crippen molar-refractivity contribution in [2.45, 2.75) is 18.9 Å². The number of aromatic nitrogens is 2. The molecule has 1 aromatic heterocycles. The van der Waals surface area contributed by atoms with Crippen molar-refractivity contribution < 1.29 is 14.0 Å². The molecule has 9 heteroatoms. The van der Waals surface area contributed by atoms with E-state index < -0.39 is 5.91 Å². The number of hydrogen-bond acceptors (Lipinski definition) is 6. The van der Waals surface area contributed by atoms with E-state index in [2.05, 4.69) is 15.5 Å². The third-order valence-corrected chi connectivity index (χ3v) is 5.82. The van der Waals surface area contributed by atoms with E-state index in [0.29, 0.717) is 28.4 Å². The number of carbonyl (C=O) groups excluding carboxylic acids is 2. The van der Waals surface area contributed by atoms with Gasteiger partial charge in [0.25, 0.3) is 11.8 Å². The van der Waals surface area contributed by atoms with Crippen molar-refractivity contribution in [1.82, 2.24) is 15.1 Å². The van der Waals surface area contributed by atoms with Crippen LogP contribution in [-0.4, -0.2) is 33.5 Å². The van der Waals surface area contributed by atoms with E-state index in [4.69, 9.17) is 5.26 Å². The minimum absolute atomic E-state index is 0.144. The molecular weight excluding hydrogens is 405 g/mol. The second kappa shape index (κ2) is 8.39. The molecule has 3 aromatic rings.